The molecule has 2 amide bonds. The maximum Gasteiger partial charge on any atom is 0.257 e. The first-order chi connectivity index (χ1) is 16.3. The van der Waals surface area contributed by atoms with E-state index in [4.69, 9.17) is 21.1 Å². The zero-order valence-corrected chi connectivity index (χ0v) is 21.2. The van der Waals surface area contributed by atoms with Gasteiger partial charge < -0.3 is 19.7 Å². The Bertz CT molecular complexity index is 969. The lowest BCUT2D eigenvalue weighted by atomic mass is 9.94. The largest absolute Gasteiger partial charge is 0.496 e. The van der Waals surface area contributed by atoms with Crippen LogP contribution >= 0.6 is 11.6 Å². The van der Waals surface area contributed by atoms with Crippen molar-refractivity contribution in [3.05, 3.63) is 58.6 Å². The molecule has 1 unspecified atom stereocenters. The van der Waals surface area contributed by atoms with E-state index in [2.05, 4.69) is 17.4 Å². The number of halogens is 1. The van der Waals surface area contributed by atoms with Gasteiger partial charge in [0.05, 0.1) is 18.8 Å². The fourth-order valence-corrected chi connectivity index (χ4v) is 4.36. The van der Waals surface area contributed by atoms with Crippen molar-refractivity contribution in [2.45, 2.75) is 58.6 Å². The average Bonchev–Trinajstić information content (AvgIpc) is 2.83. The number of hydrogen-bond acceptors (Lipinski definition) is 4. The minimum absolute atomic E-state index is 0.0700. The van der Waals surface area contributed by atoms with E-state index in [0.29, 0.717) is 42.3 Å². The van der Waals surface area contributed by atoms with E-state index in [1.54, 1.807) is 23.1 Å². The molecule has 1 saturated heterocycles. The van der Waals surface area contributed by atoms with Crippen LogP contribution in [0.3, 0.4) is 0 Å². The minimum Gasteiger partial charge on any atom is -0.496 e. The third-order valence-corrected chi connectivity index (χ3v) is 6.33. The summed E-state index contributed by atoms with van der Waals surface area (Å²) >= 11 is 6.07. The summed E-state index contributed by atoms with van der Waals surface area (Å²) in [7, 11) is 1.54. The lowest BCUT2D eigenvalue weighted by Crippen LogP contribution is -2.45. The summed E-state index contributed by atoms with van der Waals surface area (Å²) in [5.74, 6) is 1.25. The van der Waals surface area contributed by atoms with Gasteiger partial charge in [-0.1, -0.05) is 23.7 Å². The molecule has 0 spiro atoms. The molecule has 2 aromatic carbocycles. The van der Waals surface area contributed by atoms with E-state index >= 15 is 0 Å². The fourth-order valence-electron chi connectivity index (χ4n) is 4.19. The van der Waals surface area contributed by atoms with Crippen molar-refractivity contribution in [3.8, 4) is 11.5 Å². The second kappa shape index (κ2) is 12.1. The Hall–Kier alpha value is -2.73. The number of piperidine rings is 1. The highest BCUT2D eigenvalue weighted by atomic mass is 35.5. The highest BCUT2D eigenvalue weighted by Crippen LogP contribution is 2.26. The zero-order valence-electron chi connectivity index (χ0n) is 20.5. The Kier molecular flexibility index (Phi) is 9.22. The number of carbonyl (C=O) groups excluding carboxylic acids is 2. The molecular formula is C27H35ClN2O4. The van der Waals surface area contributed by atoms with Gasteiger partial charge in [0.15, 0.2) is 0 Å². The molecule has 0 saturated carbocycles. The van der Waals surface area contributed by atoms with Gasteiger partial charge in [-0.2, -0.15) is 0 Å². The maximum absolute atomic E-state index is 13.0. The topological polar surface area (TPSA) is 67.9 Å². The molecule has 184 valence electrons. The van der Waals surface area contributed by atoms with Crippen molar-refractivity contribution in [2.24, 2.45) is 5.92 Å². The Labute approximate surface area is 207 Å². The van der Waals surface area contributed by atoms with E-state index in [9.17, 15) is 9.59 Å². The number of ether oxygens (including phenoxy) is 2. The van der Waals surface area contributed by atoms with Gasteiger partial charge in [0, 0.05) is 30.1 Å². The third-order valence-electron chi connectivity index (χ3n) is 6.09. The molecule has 1 heterocycles. The first-order valence-corrected chi connectivity index (χ1v) is 12.3. The van der Waals surface area contributed by atoms with Crippen LogP contribution in [0.1, 0.15) is 56.0 Å². The summed E-state index contributed by atoms with van der Waals surface area (Å²) in [6.07, 6.45) is 3.19. The fraction of sp³-hybridized carbons (Fsp3) is 0.481. The van der Waals surface area contributed by atoms with Crippen LogP contribution in [0.5, 0.6) is 11.5 Å². The molecule has 34 heavy (non-hydrogen) atoms. The van der Waals surface area contributed by atoms with Crippen LogP contribution in [0.2, 0.25) is 5.02 Å². The summed E-state index contributed by atoms with van der Waals surface area (Å²) in [5, 5.41) is 3.65. The molecule has 1 atom stereocenters. The number of nitrogens with one attached hydrogen (secondary N) is 1. The zero-order chi connectivity index (χ0) is 24.7. The van der Waals surface area contributed by atoms with Crippen molar-refractivity contribution in [1.29, 1.82) is 0 Å². The first-order valence-electron chi connectivity index (χ1n) is 12.0. The monoisotopic (exact) mass is 486 g/mol. The van der Waals surface area contributed by atoms with Gasteiger partial charge in [-0.3, -0.25) is 9.59 Å². The SMILES string of the molecule is COc1ccc(Cl)cc1C(=O)N1CCC(C(=O)NC(C)CCc2ccc(OC(C)C)cc2)CC1. The molecule has 7 heteroatoms. The summed E-state index contributed by atoms with van der Waals surface area (Å²) in [6, 6.07) is 13.3. The Morgan fingerprint density at radius 1 is 1.09 bits per heavy atom. The number of carbonyl (C=O) groups is 2. The van der Waals surface area contributed by atoms with E-state index in [1.807, 2.05) is 32.9 Å². The van der Waals surface area contributed by atoms with Crippen molar-refractivity contribution >= 4 is 23.4 Å². The molecule has 0 aromatic heterocycles. The molecule has 0 bridgehead atoms. The Morgan fingerprint density at radius 2 is 1.76 bits per heavy atom. The lowest BCUT2D eigenvalue weighted by molar-refractivity contribution is -0.126. The molecule has 1 fully saturated rings. The van der Waals surface area contributed by atoms with Gasteiger partial charge in [-0.15, -0.1) is 0 Å². The maximum atomic E-state index is 13.0. The molecule has 1 N–H and O–H groups in total. The van der Waals surface area contributed by atoms with Gasteiger partial charge in [0.1, 0.15) is 11.5 Å². The molecule has 6 nitrogen and oxygen atoms in total. The number of nitrogens with zero attached hydrogens (tertiary/aromatic N) is 1. The van der Waals surface area contributed by atoms with Crippen molar-refractivity contribution in [3.63, 3.8) is 0 Å². The minimum atomic E-state index is -0.114. The number of amides is 2. The van der Waals surface area contributed by atoms with Crippen molar-refractivity contribution in [1.82, 2.24) is 10.2 Å². The number of rotatable bonds is 9. The number of hydrogen-bond donors (Lipinski definition) is 1. The second-order valence-corrected chi connectivity index (χ2v) is 9.61. The summed E-state index contributed by atoms with van der Waals surface area (Å²) in [4.78, 5) is 27.5. The van der Waals surface area contributed by atoms with Gasteiger partial charge in [-0.25, -0.2) is 0 Å². The summed E-state index contributed by atoms with van der Waals surface area (Å²) in [6.45, 7) is 7.13. The Balaban J connectivity index is 1.44. The van der Waals surface area contributed by atoms with Crippen LogP contribution in [-0.2, 0) is 11.2 Å². The van der Waals surface area contributed by atoms with Crippen LogP contribution in [0.25, 0.3) is 0 Å². The quantitative estimate of drug-likeness (QED) is 0.533. The number of benzene rings is 2. The highest BCUT2D eigenvalue weighted by Gasteiger charge is 2.29. The van der Waals surface area contributed by atoms with E-state index < -0.39 is 0 Å². The van der Waals surface area contributed by atoms with Gasteiger partial charge in [-0.05, 0) is 82.3 Å². The van der Waals surface area contributed by atoms with Crippen LogP contribution in [-0.4, -0.2) is 49.1 Å². The molecule has 3 rings (SSSR count). The number of likely N-dealkylation sites (tertiary alicyclic amines) is 1. The Morgan fingerprint density at radius 3 is 2.38 bits per heavy atom. The van der Waals surface area contributed by atoms with Crippen LogP contribution < -0.4 is 14.8 Å². The average molecular weight is 487 g/mol. The highest BCUT2D eigenvalue weighted by molar-refractivity contribution is 6.31. The van der Waals surface area contributed by atoms with Crippen LogP contribution in [0.4, 0.5) is 0 Å². The predicted molar refractivity (Wildman–Crippen MR) is 135 cm³/mol. The summed E-state index contributed by atoms with van der Waals surface area (Å²) < 4.78 is 11.0. The van der Waals surface area contributed by atoms with E-state index in [1.165, 1.54) is 12.7 Å². The first kappa shape index (κ1) is 25.9. The van der Waals surface area contributed by atoms with Crippen molar-refractivity contribution in [2.75, 3.05) is 20.2 Å². The second-order valence-electron chi connectivity index (χ2n) is 9.17. The van der Waals surface area contributed by atoms with Crippen LogP contribution in [0, 0.1) is 5.92 Å². The number of methoxy groups -OCH3 is 1. The van der Waals surface area contributed by atoms with E-state index in [0.717, 1.165) is 18.6 Å². The molecule has 1 aliphatic rings. The van der Waals surface area contributed by atoms with Crippen LogP contribution in [0.15, 0.2) is 42.5 Å². The van der Waals surface area contributed by atoms with Crippen molar-refractivity contribution < 1.29 is 19.1 Å². The van der Waals surface area contributed by atoms with Gasteiger partial charge >= 0.3 is 0 Å². The van der Waals surface area contributed by atoms with E-state index in [-0.39, 0.29) is 29.9 Å². The standard InChI is InChI=1S/C27H35ClN2O4/c1-18(2)34-23-10-7-20(8-11-23)6-5-19(3)29-26(31)21-13-15-30(16-14-21)27(32)24-17-22(28)9-12-25(24)33-4/h7-12,17-19,21H,5-6,13-16H2,1-4H3,(H,29,31). The lowest BCUT2D eigenvalue weighted by Gasteiger charge is -2.32. The molecule has 1 aliphatic heterocycles. The van der Waals surface area contributed by atoms with Gasteiger partial charge in [0.2, 0.25) is 5.91 Å². The molecule has 0 aliphatic carbocycles. The molecular weight excluding hydrogens is 452 g/mol. The molecule has 2 aromatic rings. The summed E-state index contributed by atoms with van der Waals surface area (Å²) in [5.41, 5.74) is 1.68. The third kappa shape index (κ3) is 7.13. The smallest absolute Gasteiger partial charge is 0.257 e. The van der Waals surface area contributed by atoms with Gasteiger partial charge in [0.25, 0.3) is 5.91 Å². The molecule has 0 radical (unpaired) electrons. The predicted octanol–water partition coefficient (Wildman–Crippen LogP) is 5.13. The number of aryl methyl sites for hydroxylation is 1. The normalized spacial score (nSPS) is 15.2.